The van der Waals surface area contributed by atoms with Gasteiger partial charge in [-0.05, 0) is 49.6 Å². The third kappa shape index (κ3) is 4.34. The molecule has 1 amide bonds. The molecule has 1 aromatic heterocycles. The number of carbonyl (C=O) groups excluding carboxylic acids is 1. The highest BCUT2D eigenvalue weighted by Gasteiger charge is 2.21. The molecule has 1 atom stereocenters. The molecule has 28 heavy (non-hydrogen) atoms. The topological polar surface area (TPSA) is 46.9 Å². The molecule has 0 aliphatic carbocycles. The number of nitrogens with one attached hydrogen (secondary N) is 1. The van der Waals surface area contributed by atoms with Crippen LogP contribution in [0.5, 0.6) is 0 Å². The van der Waals surface area contributed by atoms with Gasteiger partial charge in [-0.25, -0.2) is 4.98 Å². The first-order chi connectivity index (χ1) is 13.4. The van der Waals surface area contributed by atoms with Gasteiger partial charge in [-0.15, -0.1) is 0 Å². The number of amides is 1. The molecule has 0 radical (unpaired) electrons. The maximum absolute atomic E-state index is 12.6. The fourth-order valence-corrected chi connectivity index (χ4v) is 3.79. The van der Waals surface area contributed by atoms with Crippen LogP contribution in [0.25, 0.3) is 11.0 Å². The smallest absolute Gasteiger partial charge is 0.223 e. The Balaban J connectivity index is 1.96. The van der Waals surface area contributed by atoms with E-state index in [-0.39, 0.29) is 17.9 Å². The lowest BCUT2D eigenvalue weighted by atomic mass is 10.0. The van der Waals surface area contributed by atoms with E-state index in [1.54, 1.807) is 6.07 Å². The summed E-state index contributed by atoms with van der Waals surface area (Å²) in [6.07, 6.45) is 1.66. The lowest BCUT2D eigenvalue weighted by Crippen LogP contribution is -2.33. The zero-order chi connectivity index (χ0) is 20.3. The third-order valence-electron chi connectivity index (χ3n) is 5.11. The standard InChI is InChI=1S/C22H25Cl2N3O/c1-4-16(5-2)22(28)25-14(3)21-26-19-8-6-7-9-20(19)27(21)13-15-10-11-17(23)18(24)12-15/h6-12,14,16H,4-5,13H2,1-3H3,(H,25,28). The number of benzene rings is 2. The molecule has 4 nitrogen and oxygen atoms in total. The minimum atomic E-state index is -0.205. The summed E-state index contributed by atoms with van der Waals surface area (Å²) in [5.74, 6) is 0.924. The van der Waals surface area contributed by atoms with E-state index in [0.717, 1.165) is 35.3 Å². The van der Waals surface area contributed by atoms with Gasteiger partial charge >= 0.3 is 0 Å². The lowest BCUT2D eigenvalue weighted by molar-refractivity contribution is -0.125. The monoisotopic (exact) mass is 417 g/mol. The summed E-state index contributed by atoms with van der Waals surface area (Å²) >= 11 is 12.3. The summed E-state index contributed by atoms with van der Waals surface area (Å²) in [5.41, 5.74) is 2.95. The Morgan fingerprint density at radius 3 is 2.50 bits per heavy atom. The van der Waals surface area contributed by atoms with Crippen LogP contribution in [-0.2, 0) is 11.3 Å². The summed E-state index contributed by atoms with van der Waals surface area (Å²) in [6, 6.07) is 13.4. The fourth-order valence-electron chi connectivity index (χ4n) is 3.47. The van der Waals surface area contributed by atoms with Crippen LogP contribution in [0.1, 0.15) is 51.0 Å². The minimum absolute atomic E-state index is 0.0235. The summed E-state index contributed by atoms with van der Waals surface area (Å²) < 4.78 is 2.13. The fraction of sp³-hybridized carbons (Fsp3) is 0.364. The molecule has 0 aliphatic rings. The van der Waals surface area contributed by atoms with Crippen LogP contribution < -0.4 is 5.32 Å². The molecule has 0 fully saturated rings. The van der Waals surface area contributed by atoms with Crippen molar-refractivity contribution in [2.45, 2.75) is 46.2 Å². The van der Waals surface area contributed by atoms with E-state index in [1.807, 2.05) is 57.2 Å². The van der Waals surface area contributed by atoms with Crippen LogP contribution in [-0.4, -0.2) is 15.5 Å². The van der Waals surface area contributed by atoms with Crippen molar-refractivity contribution >= 4 is 40.1 Å². The SMILES string of the molecule is CCC(CC)C(=O)NC(C)c1nc2ccccc2n1Cc1ccc(Cl)c(Cl)c1. The van der Waals surface area contributed by atoms with Crippen molar-refractivity contribution in [2.75, 3.05) is 0 Å². The molecule has 1 heterocycles. The molecule has 1 N–H and O–H groups in total. The van der Waals surface area contributed by atoms with Crippen LogP contribution in [0.15, 0.2) is 42.5 Å². The van der Waals surface area contributed by atoms with E-state index >= 15 is 0 Å². The van der Waals surface area contributed by atoms with Gasteiger partial charge in [-0.2, -0.15) is 0 Å². The number of carbonyl (C=O) groups is 1. The number of para-hydroxylation sites is 2. The van der Waals surface area contributed by atoms with Crippen molar-refractivity contribution in [2.24, 2.45) is 5.92 Å². The molecule has 3 aromatic rings. The number of rotatable bonds is 7. The van der Waals surface area contributed by atoms with E-state index in [1.165, 1.54) is 0 Å². The normalized spacial score (nSPS) is 12.5. The van der Waals surface area contributed by atoms with Gasteiger partial charge in [0.05, 0.1) is 27.1 Å². The molecular weight excluding hydrogens is 393 g/mol. The van der Waals surface area contributed by atoms with Crippen LogP contribution in [0, 0.1) is 5.92 Å². The quantitative estimate of drug-likeness (QED) is 0.511. The largest absolute Gasteiger partial charge is 0.346 e. The second-order valence-electron chi connectivity index (χ2n) is 7.04. The maximum Gasteiger partial charge on any atom is 0.223 e. The molecule has 0 bridgehead atoms. The second kappa shape index (κ2) is 8.97. The van der Waals surface area contributed by atoms with Crippen molar-refractivity contribution in [1.82, 2.24) is 14.9 Å². The van der Waals surface area contributed by atoms with E-state index < -0.39 is 0 Å². The van der Waals surface area contributed by atoms with Gasteiger partial charge in [0.1, 0.15) is 5.82 Å². The minimum Gasteiger partial charge on any atom is -0.346 e. The van der Waals surface area contributed by atoms with Crippen LogP contribution >= 0.6 is 23.2 Å². The third-order valence-corrected chi connectivity index (χ3v) is 5.85. The Hall–Kier alpha value is -2.04. The van der Waals surface area contributed by atoms with Crippen LogP contribution in [0.4, 0.5) is 0 Å². The maximum atomic E-state index is 12.6. The van der Waals surface area contributed by atoms with E-state index in [9.17, 15) is 4.79 Å². The molecule has 0 saturated heterocycles. The Kier molecular flexibility index (Phi) is 6.63. The predicted molar refractivity (Wildman–Crippen MR) is 116 cm³/mol. The molecule has 0 aliphatic heterocycles. The first kappa shape index (κ1) is 20.7. The van der Waals surface area contributed by atoms with Gasteiger partial charge in [0.25, 0.3) is 0 Å². The Morgan fingerprint density at radius 2 is 1.82 bits per heavy atom. The van der Waals surface area contributed by atoms with Crippen molar-refractivity contribution in [3.63, 3.8) is 0 Å². The van der Waals surface area contributed by atoms with Gasteiger partial charge in [-0.1, -0.05) is 55.2 Å². The van der Waals surface area contributed by atoms with E-state index in [2.05, 4.69) is 9.88 Å². The summed E-state index contributed by atoms with van der Waals surface area (Å²) in [5, 5.41) is 4.20. The number of hydrogen-bond donors (Lipinski definition) is 1. The first-order valence-corrected chi connectivity index (χ1v) is 10.4. The number of halogens is 2. The molecule has 0 spiro atoms. The molecule has 2 aromatic carbocycles. The number of hydrogen-bond acceptors (Lipinski definition) is 2. The summed E-state index contributed by atoms with van der Waals surface area (Å²) in [4.78, 5) is 17.4. The highest BCUT2D eigenvalue weighted by molar-refractivity contribution is 6.42. The zero-order valence-corrected chi connectivity index (χ0v) is 17.9. The lowest BCUT2D eigenvalue weighted by Gasteiger charge is -2.19. The van der Waals surface area contributed by atoms with Crippen molar-refractivity contribution in [3.8, 4) is 0 Å². The Morgan fingerprint density at radius 1 is 1.11 bits per heavy atom. The molecule has 0 saturated carbocycles. The number of aromatic nitrogens is 2. The summed E-state index contributed by atoms with van der Waals surface area (Å²) in [7, 11) is 0. The average Bonchev–Trinajstić information content (AvgIpc) is 3.04. The number of fused-ring (bicyclic) bond motifs is 1. The molecular formula is C22H25Cl2N3O. The van der Waals surface area contributed by atoms with Gasteiger partial charge in [0, 0.05) is 12.5 Å². The van der Waals surface area contributed by atoms with Crippen molar-refractivity contribution in [1.29, 1.82) is 0 Å². The Labute approximate surface area is 175 Å². The van der Waals surface area contributed by atoms with E-state index in [4.69, 9.17) is 28.2 Å². The van der Waals surface area contributed by atoms with Crippen molar-refractivity contribution < 1.29 is 4.79 Å². The van der Waals surface area contributed by atoms with E-state index in [0.29, 0.717) is 16.6 Å². The van der Waals surface area contributed by atoms with Gasteiger partial charge in [0.15, 0.2) is 0 Å². The molecule has 6 heteroatoms. The van der Waals surface area contributed by atoms with Gasteiger partial charge in [-0.3, -0.25) is 4.79 Å². The first-order valence-electron chi connectivity index (χ1n) is 9.64. The Bertz CT molecular complexity index is 979. The van der Waals surface area contributed by atoms with Crippen molar-refractivity contribution in [3.05, 3.63) is 63.9 Å². The van der Waals surface area contributed by atoms with Crippen LogP contribution in [0.3, 0.4) is 0 Å². The molecule has 3 rings (SSSR count). The molecule has 1 unspecified atom stereocenters. The highest BCUT2D eigenvalue weighted by Crippen LogP contribution is 2.26. The van der Waals surface area contributed by atoms with Crippen LogP contribution in [0.2, 0.25) is 10.0 Å². The molecule has 148 valence electrons. The van der Waals surface area contributed by atoms with Gasteiger partial charge < -0.3 is 9.88 Å². The number of imidazole rings is 1. The average molecular weight is 418 g/mol. The highest BCUT2D eigenvalue weighted by atomic mass is 35.5. The predicted octanol–water partition coefficient (Wildman–Crippen LogP) is 6.00. The van der Waals surface area contributed by atoms with Gasteiger partial charge in [0.2, 0.25) is 5.91 Å². The summed E-state index contributed by atoms with van der Waals surface area (Å²) in [6.45, 7) is 6.65. The zero-order valence-electron chi connectivity index (χ0n) is 16.4. The second-order valence-corrected chi connectivity index (χ2v) is 7.85. The number of nitrogens with zero attached hydrogens (tertiary/aromatic N) is 2.